The average Bonchev–Trinajstić information content (AvgIpc) is 2.87. The first-order valence-electron chi connectivity index (χ1n) is 7.05. The van der Waals surface area contributed by atoms with E-state index in [4.69, 9.17) is 5.73 Å². The van der Waals surface area contributed by atoms with Crippen LogP contribution in [0, 0.1) is 13.8 Å². The van der Waals surface area contributed by atoms with Crippen molar-refractivity contribution in [2.24, 2.45) is 5.73 Å². The van der Waals surface area contributed by atoms with Gasteiger partial charge in [0, 0.05) is 11.8 Å². The van der Waals surface area contributed by atoms with Gasteiger partial charge in [-0.3, -0.25) is 0 Å². The molecular weight excluding hydrogens is 278 g/mol. The summed E-state index contributed by atoms with van der Waals surface area (Å²) in [5.74, 6) is 0. The quantitative estimate of drug-likeness (QED) is 0.716. The molecule has 21 heavy (non-hydrogen) atoms. The fourth-order valence-corrected chi connectivity index (χ4v) is 3.30. The van der Waals surface area contributed by atoms with E-state index in [2.05, 4.69) is 66.3 Å². The summed E-state index contributed by atoms with van der Waals surface area (Å²) in [7, 11) is 0. The molecule has 0 aliphatic heterocycles. The number of rotatable bonds is 4. The van der Waals surface area contributed by atoms with Crippen molar-refractivity contribution in [1.29, 1.82) is 0 Å². The molecule has 0 amide bonds. The number of fused-ring (bicyclic) bond motifs is 1. The summed E-state index contributed by atoms with van der Waals surface area (Å²) in [6.45, 7) is 4.77. The second-order valence-corrected chi connectivity index (χ2v) is 6.51. The smallest absolute Gasteiger partial charge is 0.167 e. The minimum Gasteiger partial charge on any atom is -0.333 e. The van der Waals surface area contributed by atoms with Gasteiger partial charge in [0.05, 0.1) is 11.0 Å². The molecule has 1 heterocycles. The topological polar surface area (TPSA) is 54.7 Å². The molecule has 1 unspecified atom stereocenters. The lowest BCUT2D eigenvalue weighted by Crippen LogP contribution is -2.09. The predicted molar refractivity (Wildman–Crippen MR) is 89.7 cm³/mol. The zero-order valence-corrected chi connectivity index (χ0v) is 13.1. The lowest BCUT2D eigenvalue weighted by Gasteiger charge is -2.13. The maximum Gasteiger partial charge on any atom is 0.167 e. The van der Waals surface area contributed by atoms with Crippen molar-refractivity contribution >= 4 is 22.8 Å². The van der Waals surface area contributed by atoms with Crippen LogP contribution in [0.5, 0.6) is 0 Å². The second kappa shape index (κ2) is 5.92. The van der Waals surface area contributed by atoms with Crippen LogP contribution in [0.1, 0.15) is 21.9 Å². The number of hydrogen-bond donors (Lipinski definition) is 2. The van der Waals surface area contributed by atoms with E-state index in [1.807, 2.05) is 0 Å². The number of aryl methyl sites for hydroxylation is 2. The minimum atomic E-state index is 0.215. The Balaban J connectivity index is 1.86. The molecule has 0 saturated heterocycles. The number of nitrogens with zero attached hydrogens (tertiary/aromatic N) is 1. The number of nitrogens with two attached hydrogens (primary N) is 1. The minimum absolute atomic E-state index is 0.215. The fourth-order valence-electron chi connectivity index (χ4n) is 2.32. The molecule has 1 atom stereocenters. The van der Waals surface area contributed by atoms with Gasteiger partial charge in [-0.15, -0.1) is 0 Å². The van der Waals surface area contributed by atoms with Crippen LogP contribution in [-0.4, -0.2) is 16.5 Å². The zero-order chi connectivity index (χ0) is 14.8. The molecule has 108 valence electrons. The summed E-state index contributed by atoms with van der Waals surface area (Å²) in [6.07, 6.45) is 0. The van der Waals surface area contributed by atoms with E-state index < -0.39 is 0 Å². The van der Waals surface area contributed by atoms with E-state index in [0.717, 1.165) is 16.2 Å². The normalized spacial score (nSPS) is 12.7. The van der Waals surface area contributed by atoms with Crippen molar-refractivity contribution in [3.8, 4) is 0 Å². The summed E-state index contributed by atoms with van der Waals surface area (Å²) in [5, 5.41) is 1.14. The van der Waals surface area contributed by atoms with Crippen LogP contribution < -0.4 is 5.73 Å². The van der Waals surface area contributed by atoms with Gasteiger partial charge in [-0.25, -0.2) is 4.98 Å². The van der Waals surface area contributed by atoms with Gasteiger partial charge in [0.2, 0.25) is 0 Å². The molecule has 3 N–H and O–H groups in total. The molecule has 4 heteroatoms. The molecule has 3 aromatic rings. The Morgan fingerprint density at radius 3 is 2.52 bits per heavy atom. The largest absolute Gasteiger partial charge is 0.333 e. The van der Waals surface area contributed by atoms with Crippen molar-refractivity contribution in [2.75, 3.05) is 6.54 Å². The standard InChI is InChI=1S/C17H19N3S/c1-11-3-6-13(7-4-11)16(10-18)21-17-19-14-8-5-12(2)9-15(14)20-17/h3-9,16H,10,18H2,1-2H3,(H,19,20). The maximum atomic E-state index is 5.95. The molecule has 3 nitrogen and oxygen atoms in total. The Bertz CT molecular complexity index is 746. The molecule has 0 aliphatic carbocycles. The average molecular weight is 297 g/mol. The van der Waals surface area contributed by atoms with E-state index in [1.54, 1.807) is 11.8 Å². The molecule has 0 bridgehead atoms. The van der Waals surface area contributed by atoms with Gasteiger partial charge in [0.25, 0.3) is 0 Å². The summed E-state index contributed by atoms with van der Waals surface area (Å²) < 4.78 is 0. The van der Waals surface area contributed by atoms with Crippen LogP contribution in [0.15, 0.2) is 47.6 Å². The molecule has 0 radical (unpaired) electrons. The van der Waals surface area contributed by atoms with E-state index in [0.29, 0.717) is 6.54 Å². The highest BCUT2D eigenvalue weighted by Crippen LogP contribution is 2.33. The van der Waals surface area contributed by atoms with Crippen molar-refractivity contribution in [1.82, 2.24) is 9.97 Å². The summed E-state index contributed by atoms with van der Waals surface area (Å²) in [5.41, 5.74) is 11.8. The lowest BCUT2D eigenvalue weighted by molar-refractivity contribution is 0.928. The van der Waals surface area contributed by atoms with Gasteiger partial charge in [-0.1, -0.05) is 47.7 Å². The van der Waals surface area contributed by atoms with Gasteiger partial charge < -0.3 is 10.7 Å². The van der Waals surface area contributed by atoms with Gasteiger partial charge in [-0.2, -0.15) is 0 Å². The molecule has 0 aliphatic rings. The molecular formula is C17H19N3S. The zero-order valence-electron chi connectivity index (χ0n) is 12.3. The van der Waals surface area contributed by atoms with Crippen molar-refractivity contribution in [3.05, 3.63) is 59.2 Å². The lowest BCUT2D eigenvalue weighted by atomic mass is 10.1. The fraction of sp³-hybridized carbons (Fsp3) is 0.235. The van der Waals surface area contributed by atoms with Crippen molar-refractivity contribution in [2.45, 2.75) is 24.3 Å². The highest BCUT2D eigenvalue weighted by molar-refractivity contribution is 7.99. The Kier molecular flexibility index (Phi) is 3.99. The van der Waals surface area contributed by atoms with Crippen LogP contribution in [0.25, 0.3) is 11.0 Å². The first-order valence-corrected chi connectivity index (χ1v) is 7.93. The summed E-state index contributed by atoms with van der Waals surface area (Å²) in [6, 6.07) is 14.8. The summed E-state index contributed by atoms with van der Waals surface area (Å²) in [4.78, 5) is 8.02. The highest BCUT2D eigenvalue weighted by Gasteiger charge is 2.14. The second-order valence-electron chi connectivity index (χ2n) is 5.32. The Labute approximate surface area is 129 Å². The Morgan fingerprint density at radius 2 is 1.81 bits per heavy atom. The van der Waals surface area contributed by atoms with Crippen LogP contribution in [0.2, 0.25) is 0 Å². The van der Waals surface area contributed by atoms with E-state index in [1.165, 1.54) is 16.7 Å². The molecule has 3 rings (SSSR count). The molecule has 2 aromatic carbocycles. The van der Waals surface area contributed by atoms with Crippen LogP contribution in [0.4, 0.5) is 0 Å². The molecule has 0 fully saturated rings. The van der Waals surface area contributed by atoms with Crippen LogP contribution >= 0.6 is 11.8 Å². The van der Waals surface area contributed by atoms with Gasteiger partial charge >= 0.3 is 0 Å². The third-order valence-electron chi connectivity index (χ3n) is 3.53. The number of H-pyrrole nitrogens is 1. The number of aromatic amines is 1. The van der Waals surface area contributed by atoms with E-state index >= 15 is 0 Å². The third-order valence-corrected chi connectivity index (χ3v) is 4.70. The number of imidazole rings is 1. The van der Waals surface area contributed by atoms with Crippen LogP contribution in [-0.2, 0) is 0 Å². The van der Waals surface area contributed by atoms with Crippen LogP contribution in [0.3, 0.4) is 0 Å². The molecule has 0 spiro atoms. The van der Waals surface area contributed by atoms with Gasteiger partial charge in [-0.05, 0) is 37.1 Å². The monoisotopic (exact) mass is 297 g/mol. The molecule has 0 saturated carbocycles. The van der Waals surface area contributed by atoms with E-state index in [9.17, 15) is 0 Å². The number of aromatic nitrogens is 2. The van der Waals surface area contributed by atoms with Gasteiger partial charge in [0.15, 0.2) is 5.16 Å². The molecule has 1 aromatic heterocycles. The SMILES string of the molecule is Cc1ccc(C(CN)Sc2nc3ccc(C)cc3[nH]2)cc1. The van der Waals surface area contributed by atoms with Gasteiger partial charge in [0.1, 0.15) is 0 Å². The number of benzene rings is 2. The number of hydrogen-bond acceptors (Lipinski definition) is 3. The maximum absolute atomic E-state index is 5.95. The number of nitrogens with one attached hydrogen (secondary N) is 1. The third kappa shape index (κ3) is 3.12. The first-order chi connectivity index (χ1) is 10.2. The summed E-state index contributed by atoms with van der Waals surface area (Å²) >= 11 is 1.69. The van der Waals surface area contributed by atoms with Crippen molar-refractivity contribution < 1.29 is 0 Å². The first kappa shape index (κ1) is 14.2. The Hall–Kier alpha value is -1.78. The number of thioether (sulfide) groups is 1. The predicted octanol–water partition coefficient (Wildman–Crippen LogP) is 3.97. The highest BCUT2D eigenvalue weighted by atomic mass is 32.2. The van der Waals surface area contributed by atoms with Crippen molar-refractivity contribution in [3.63, 3.8) is 0 Å². The Morgan fingerprint density at radius 1 is 1.10 bits per heavy atom. The van der Waals surface area contributed by atoms with E-state index in [-0.39, 0.29) is 5.25 Å².